The third-order valence-electron chi connectivity index (χ3n) is 4.52. The van der Waals surface area contributed by atoms with Crippen LogP contribution in [0.4, 0.5) is 5.69 Å². The molecule has 1 aromatic rings. The maximum Gasteiger partial charge on any atom is 0.142 e. The first-order valence-corrected chi connectivity index (χ1v) is 7.52. The van der Waals surface area contributed by atoms with E-state index in [2.05, 4.69) is 41.5 Å². The predicted octanol–water partition coefficient (Wildman–Crippen LogP) is 2.66. The fourth-order valence-electron chi connectivity index (χ4n) is 3.51. The summed E-state index contributed by atoms with van der Waals surface area (Å²) in [7, 11) is 2.10. The second kappa shape index (κ2) is 5.83. The van der Waals surface area contributed by atoms with Crippen molar-refractivity contribution in [2.75, 3.05) is 31.6 Å². The van der Waals surface area contributed by atoms with Gasteiger partial charge in [-0.05, 0) is 44.4 Å². The molecule has 1 aliphatic carbocycles. The van der Waals surface area contributed by atoms with Crippen molar-refractivity contribution in [1.82, 2.24) is 5.32 Å². The summed E-state index contributed by atoms with van der Waals surface area (Å²) < 4.78 is 5.84. The Morgan fingerprint density at radius 3 is 3.05 bits per heavy atom. The van der Waals surface area contributed by atoms with Gasteiger partial charge < -0.3 is 15.0 Å². The van der Waals surface area contributed by atoms with Gasteiger partial charge in [-0.15, -0.1) is 0 Å². The highest BCUT2D eigenvalue weighted by Gasteiger charge is 2.28. The van der Waals surface area contributed by atoms with Crippen LogP contribution in [-0.2, 0) is 0 Å². The minimum Gasteiger partial charge on any atom is -0.491 e. The van der Waals surface area contributed by atoms with E-state index in [-0.39, 0.29) is 0 Å². The van der Waals surface area contributed by atoms with Gasteiger partial charge in [-0.25, -0.2) is 0 Å². The van der Waals surface area contributed by atoms with Crippen molar-refractivity contribution in [2.24, 2.45) is 5.92 Å². The first kappa shape index (κ1) is 12.8. The minimum absolute atomic E-state index is 0.691. The molecule has 1 N–H and O–H groups in total. The van der Waals surface area contributed by atoms with Gasteiger partial charge in [0.2, 0.25) is 0 Å². The molecule has 3 heteroatoms. The summed E-state index contributed by atoms with van der Waals surface area (Å²) >= 11 is 0. The Labute approximate surface area is 115 Å². The number of anilines is 1. The zero-order chi connectivity index (χ0) is 13.1. The molecule has 1 aliphatic heterocycles. The van der Waals surface area contributed by atoms with Gasteiger partial charge in [0.05, 0.1) is 12.3 Å². The molecule has 1 heterocycles. The first-order chi connectivity index (χ1) is 9.38. The highest BCUT2D eigenvalue weighted by molar-refractivity contribution is 5.59. The summed E-state index contributed by atoms with van der Waals surface area (Å²) in [6, 6.07) is 9.16. The lowest BCUT2D eigenvalue weighted by Crippen LogP contribution is -2.38. The average Bonchev–Trinajstić information content (AvgIpc) is 2.80. The van der Waals surface area contributed by atoms with E-state index >= 15 is 0 Å². The molecule has 3 rings (SSSR count). The predicted molar refractivity (Wildman–Crippen MR) is 79.0 cm³/mol. The molecule has 2 unspecified atom stereocenters. The highest BCUT2D eigenvalue weighted by atomic mass is 16.5. The molecule has 0 bridgehead atoms. The molecule has 1 fully saturated rings. The molecule has 0 saturated heterocycles. The number of hydrogen-bond donors (Lipinski definition) is 1. The summed E-state index contributed by atoms with van der Waals surface area (Å²) in [5.74, 6) is 1.83. The van der Waals surface area contributed by atoms with Crippen molar-refractivity contribution in [2.45, 2.75) is 31.7 Å². The van der Waals surface area contributed by atoms with Gasteiger partial charge in [0, 0.05) is 19.1 Å². The Hall–Kier alpha value is -1.22. The van der Waals surface area contributed by atoms with Crippen LogP contribution >= 0.6 is 0 Å². The van der Waals surface area contributed by atoms with E-state index < -0.39 is 0 Å². The van der Waals surface area contributed by atoms with E-state index in [1.165, 1.54) is 24.9 Å². The molecular formula is C16H24N2O. The fraction of sp³-hybridized carbons (Fsp3) is 0.625. The van der Waals surface area contributed by atoms with Gasteiger partial charge in [0.1, 0.15) is 5.75 Å². The maximum atomic E-state index is 5.84. The van der Waals surface area contributed by atoms with Gasteiger partial charge in [-0.3, -0.25) is 0 Å². The number of hydrogen-bond acceptors (Lipinski definition) is 3. The van der Waals surface area contributed by atoms with Crippen LogP contribution in [-0.4, -0.2) is 32.8 Å². The van der Waals surface area contributed by atoms with Gasteiger partial charge in [0.15, 0.2) is 0 Å². The molecule has 0 amide bonds. The lowest BCUT2D eigenvalue weighted by Gasteiger charge is -2.29. The number of nitrogens with one attached hydrogen (secondary N) is 1. The summed E-state index contributed by atoms with van der Waals surface area (Å²) in [5.41, 5.74) is 1.28. The van der Waals surface area contributed by atoms with E-state index in [9.17, 15) is 0 Å². The number of ether oxygens (including phenoxy) is 1. The summed E-state index contributed by atoms with van der Waals surface area (Å²) in [4.78, 5) is 2.53. The molecule has 1 aromatic carbocycles. The van der Waals surface area contributed by atoms with Crippen LogP contribution in [0, 0.1) is 5.92 Å². The van der Waals surface area contributed by atoms with E-state index in [4.69, 9.17) is 4.74 Å². The monoisotopic (exact) mass is 260 g/mol. The maximum absolute atomic E-state index is 5.84. The van der Waals surface area contributed by atoms with Gasteiger partial charge in [-0.2, -0.15) is 0 Å². The van der Waals surface area contributed by atoms with Crippen LogP contribution in [0.15, 0.2) is 24.3 Å². The van der Waals surface area contributed by atoms with Crippen molar-refractivity contribution in [3.8, 4) is 5.75 Å². The Morgan fingerprint density at radius 1 is 1.26 bits per heavy atom. The van der Waals surface area contributed by atoms with Crippen LogP contribution in [0.3, 0.4) is 0 Å². The molecule has 19 heavy (non-hydrogen) atoms. The van der Waals surface area contributed by atoms with Crippen molar-refractivity contribution < 1.29 is 4.74 Å². The highest BCUT2D eigenvalue weighted by Crippen LogP contribution is 2.33. The number of para-hydroxylation sites is 2. The second-order valence-corrected chi connectivity index (χ2v) is 5.70. The van der Waals surface area contributed by atoms with E-state index in [0.29, 0.717) is 6.04 Å². The SMILES string of the molecule is CNC1CCCC1CN1CCCOc2ccccc21. The Morgan fingerprint density at radius 2 is 2.16 bits per heavy atom. The van der Waals surface area contributed by atoms with Gasteiger partial charge in [-0.1, -0.05) is 18.6 Å². The Kier molecular flexibility index (Phi) is 3.92. The molecule has 1 saturated carbocycles. The molecule has 2 atom stereocenters. The molecule has 104 valence electrons. The van der Waals surface area contributed by atoms with Gasteiger partial charge >= 0.3 is 0 Å². The number of fused-ring (bicyclic) bond motifs is 1. The minimum atomic E-state index is 0.691. The van der Waals surface area contributed by atoms with Crippen LogP contribution in [0.2, 0.25) is 0 Å². The third kappa shape index (κ3) is 2.71. The summed E-state index contributed by atoms with van der Waals surface area (Å²) in [6.07, 6.45) is 5.16. The Balaban J connectivity index is 1.77. The van der Waals surface area contributed by atoms with Crippen LogP contribution in [0.5, 0.6) is 5.75 Å². The average molecular weight is 260 g/mol. The Bertz CT molecular complexity index is 421. The molecular weight excluding hydrogens is 236 g/mol. The van der Waals surface area contributed by atoms with Crippen molar-refractivity contribution in [1.29, 1.82) is 0 Å². The zero-order valence-corrected chi connectivity index (χ0v) is 11.8. The number of nitrogens with zero attached hydrogens (tertiary/aromatic N) is 1. The molecule has 0 radical (unpaired) electrons. The van der Waals surface area contributed by atoms with Crippen LogP contribution in [0.1, 0.15) is 25.7 Å². The fourth-order valence-corrected chi connectivity index (χ4v) is 3.51. The number of benzene rings is 1. The van der Waals surface area contributed by atoms with Crippen molar-refractivity contribution in [3.63, 3.8) is 0 Å². The van der Waals surface area contributed by atoms with Crippen LogP contribution in [0.25, 0.3) is 0 Å². The van der Waals surface area contributed by atoms with E-state index in [1.54, 1.807) is 0 Å². The number of rotatable bonds is 3. The van der Waals surface area contributed by atoms with Crippen LogP contribution < -0.4 is 15.0 Å². The van der Waals surface area contributed by atoms with Crippen molar-refractivity contribution in [3.05, 3.63) is 24.3 Å². The standard InChI is InChI=1S/C16H24N2O/c1-17-14-7-4-6-13(14)12-18-10-5-11-19-16-9-3-2-8-15(16)18/h2-3,8-9,13-14,17H,4-7,10-12H2,1H3. The molecule has 0 aromatic heterocycles. The first-order valence-electron chi connectivity index (χ1n) is 7.52. The van der Waals surface area contributed by atoms with Gasteiger partial charge in [0.25, 0.3) is 0 Å². The zero-order valence-electron chi connectivity index (χ0n) is 11.8. The lowest BCUT2D eigenvalue weighted by atomic mass is 10.0. The van der Waals surface area contributed by atoms with Crippen molar-refractivity contribution >= 4 is 5.69 Å². The van der Waals surface area contributed by atoms with E-state index in [0.717, 1.165) is 37.8 Å². The summed E-state index contributed by atoms with van der Waals surface area (Å²) in [6.45, 7) is 3.11. The normalized spacial score (nSPS) is 26.7. The molecule has 0 spiro atoms. The topological polar surface area (TPSA) is 24.5 Å². The summed E-state index contributed by atoms with van der Waals surface area (Å²) in [5, 5.41) is 3.49. The molecule has 2 aliphatic rings. The van der Waals surface area contributed by atoms with E-state index in [1.807, 2.05) is 0 Å². The second-order valence-electron chi connectivity index (χ2n) is 5.70. The largest absolute Gasteiger partial charge is 0.491 e. The quantitative estimate of drug-likeness (QED) is 0.904. The third-order valence-corrected chi connectivity index (χ3v) is 4.52. The smallest absolute Gasteiger partial charge is 0.142 e. The lowest BCUT2D eigenvalue weighted by molar-refractivity contribution is 0.322. The molecule has 3 nitrogen and oxygen atoms in total.